The lowest BCUT2D eigenvalue weighted by molar-refractivity contribution is -0.113. The number of amides is 1. The topological polar surface area (TPSA) is 68.0 Å². The van der Waals surface area contributed by atoms with Gasteiger partial charge in [0.15, 0.2) is 5.76 Å². The second kappa shape index (κ2) is 7.70. The second-order valence-corrected chi connectivity index (χ2v) is 6.45. The Morgan fingerprint density at radius 2 is 2.00 bits per heavy atom. The van der Waals surface area contributed by atoms with Crippen molar-refractivity contribution in [1.29, 1.82) is 0 Å². The predicted molar refractivity (Wildman–Crippen MR) is 95.5 cm³/mol. The molecule has 5 nitrogen and oxygen atoms in total. The molecular formula is C16H11Cl2N3O2S. The van der Waals surface area contributed by atoms with Gasteiger partial charge in [0, 0.05) is 0 Å². The molecule has 8 heteroatoms. The van der Waals surface area contributed by atoms with Crippen LogP contribution >= 0.6 is 35.0 Å². The molecule has 0 fully saturated rings. The smallest absolute Gasteiger partial charge is 0.234 e. The van der Waals surface area contributed by atoms with Gasteiger partial charge in [0.25, 0.3) is 0 Å². The first-order valence-electron chi connectivity index (χ1n) is 6.88. The molecule has 2 heterocycles. The number of carbonyl (C=O) groups is 1. The van der Waals surface area contributed by atoms with Crippen molar-refractivity contribution >= 4 is 46.6 Å². The van der Waals surface area contributed by atoms with Crippen LogP contribution in [-0.2, 0) is 4.79 Å². The molecule has 0 spiro atoms. The van der Waals surface area contributed by atoms with Crippen molar-refractivity contribution in [2.45, 2.75) is 5.03 Å². The van der Waals surface area contributed by atoms with Crippen molar-refractivity contribution < 1.29 is 9.21 Å². The van der Waals surface area contributed by atoms with Gasteiger partial charge in [-0.3, -0.25) is 4.79 Å². The van der Waals surface area contributed by atoms with Crippen LogP contribution in [0.2, 0.25) is 10.0 Å². The highest BCUT2D eigenvalue weighted by molar-refractivity contribution is 7.99. The Morgan fingerprint density at radius 3 is 2.71 bits per heavy atom. The number of carbonyl (C=O) groups excluding carboxylic acids is 1. The van der Waals surface area contributed by atoms with Gasteiger partial charge in [-0.25, -0.2) is 0 Å². The lowest BCUT2D eigenvalue weighted by Crippen LogP contribution is -2.14. The summed E-state index contributed by atoms with van der Waals surface area (Å²) in [6, 6.07) is 12.2. The van der Waals surface area contributed by atoms with E-state index in [1.807, 2.05) is 0 Å². The number of rotatable bonds is 5. The third-order valence-electron chi connectivity index (χ3n) is 2.99. The maximum atomic E-state index is 12.0. The monoisotopic (exact) mass is 379 g/mol. The van der Waals surface area contributed by atoms with E-state index in [0.29, 0.717) is 32.2 Å². The highest BCUT2D eigenvalue weighted by Crippen LogP contribution is 2.29. The number of hydrogen-bond donors (Lipinski definition) is 1. The fraction of sp³-hybridized carbons (Fsp3) is 0.0625. The van der Waals surface area contributed by atoms with E-state index in [-0.39, 0.29) is 11.7 Å². The van der Waals surface area contributed by atoms with E-state index < -0.39 is 0 Å². The molecule has 0 saturated heterocycles. The number of halogens is 2. The predicted octanol–water partition coefficient (Wildman–Crippen LogP) is 4.77. The van der Waals surface area contributed by atoms with Crippen LogP contribution in [-0.4, -0.2) is 21.9 Å². The zero-order valence-corrected chi connectivity index (χ0v) is 14.5. The molecule has 0 atom stereocenters. The summed E-state index contributed by atoms with van der Waals surface area (Å²) in [4.78, 5) is 12.0. The molecule has 2 aromatic heterocycles. The Bertz CT molecular complexity index is 839. The number of benzene rings is 1. The van der Waals surface area contributed by atoms with Gasteiger partial charge >= 0.3 is 0 Å². The molecule has 24 heavy (non-hydrogen) atoms. The summed E-state index contributed by atoms with van der Waals surface area (Å²) in [5.41, 5.74) is 1.12. The van der Waals surface area contributed by atoms with Crippen LogP contribution in [0.1, 0.15) is 0 Å². The van der Waals surface area contributed by atoms with Crippen molar-refractivity contribution in [3.05, 3.63) is 58.8 Å². The van der Waals surface area contributed by atoms with Gasteiger partial charge in [-0.15, -0.1) is 10.2 Å². The summed E-state index contributed by atoms with van der Waals surface area (Å²) in [5.74, 6) is 0.617. The van der Waals surface area contributed by atoms with Crippen molar-refractivity contribution in [2.24, 2.45) is 0 Å². The standard InChI is InChI=1S/C16H11Cl2N3O2S/c17-10-3-1-4-12(16(10)18)19-14(22)9-24-15-7-6-11(20-21-15)13-5-2-8-23-13/h1-8H,9H2,(H,19,22). The molecule has 3 rings (SSSR count). The average Bonchev–Trinajstić information content (AvgIpc) is 3.12. The van der Waals surface area contributed by atoms with Crippen molar-refractivity contribution in [1.82, 2.24) is 10.2 Å². The van der Waals surface area contributed by atoms with E-state index in [1.54, 1.807) is 48.7 Å². The third-order valence-corrected chi connectivity index (χ3v) is 4.73. The number of anilines is 1. The number of nitrogens with zero attached hydrogens (tertiary/aromatic N) is 2. The minimum Gasteiger partial charge on any atom is -0.463 e. The molecule has 0 radical (unpaired) electrons. The first-order chi connectivity index (χ1) is 11.6. The Morgan fingerprint density at radius 1 is 1.12 bits per heavy atom. The Hall–Kier alpha value is -2.02. The lowest BCUT2D eigenvalue weighted by Gasteiger charge is -2.07. The normalized spacial score (nSPS) is 10.6. The largest absolute Gasteiger partial charge is 0.463 e. The Kier molecular flexibility index (Phi) is 5.40. The fourth-order valence-corrected chi connectivity index (χ4v) is 2.84. The quantitative estimate of drug-likeness (QED) is 0.646. The highest BCUT2D eigenvalue weighted by atomic mass is 35.5. The maximum Gasteiger partial charge on any atom is 0.234 e. The molecular weight excluding hydrogens is 369 g/mol. The highest BCUT2D eigenvalue weighted by Gasteiger charge is 2.10. The van der Waals surface area contributed by atoms with Crippen LogP contribution in [0.4, 0.5) is 5.69 Å². The van der Waals surface area contributed by atoms with E-state index in [0.717, 1.165) is 0 Å². The van der Waals surface area contributed by atoms with Crippen LogP contribution in [0.3, 0.4) is 0 Å². The van der Waals surface area contributed by atoms with Gasteiger partial charge in [0.2, 0.25) is 5.91 Å². The molecule has 1 aromatic carbocycles. The van der Waals surface area contributed by atoms with Crippen molar-refractivity contribution in [2.75, 3.05) is 11.1 Å². The molecule has 0 saturated carbocycles. The van der Waals surface area contributed by atoms with E-state index in [4.69, 9.17) is 27.6 Å². The van der Waals surface area contributed by atoms with Crippen LogP contribution in [0.15, 0.2) is 58.2 Å². The van der Waals surface area contributed by atoms with Crippen LogP contribution in [0.25, 0.3) is 11.5 Å². The van der Waals surface area contributed by atoms with E-state index in [1.165, 1.54) is 11.8 Å². The van der Waals surface area contributed by atoms with Crippen LogP contribution in [0, 0.1) is 0 Å². The van der Waals surface area contributed by atoms with Crippen molar-refractivity contribution in [3.8, 4) is 11.5 Å². The molecule has 1 N–H and O–H groups in total. The van der Waals surface area contributed by atoms with E-state index in [9.17, 15) is 4.79 Å². The summed E-state index contributed by atoms with van der Waals surface area (Å²) < 4.78 is 5.25. The first-order valence-corrected chi connectivity index (χ1v) is 8.62. The van der Waals surface area contributed by atoms with Gasteiger partial charge in [-0.2, -0.15) is 0 Å². The van der Waals surface area contributed by atoms with Gasteiger partial charge in [-0.1, -0.05) is 41.0 Å². The van der Waals surface area contributed by atoms with Crippen LogP contribution < -0.4 is 5.32 Å². The maximum absolute atomic E-state index is 12.0. The molecule has 0 aliphatic heterocycles. The van der Waals surface area contributed by atoms with E-state index >= 15 is 0 Å². The minimum atomic E-state index is -0.207. The average molecular weight is 380 g/mol. The molecule has 0 bridgehead atoms. The zero-order chi connectivity index (χ0) is 16.9. The lowest BCUT2D eigenvalue weighted by atomic mass is 10.3. The third kappa shape index (κ3) is 4.08. The molecule has 122 valence electrons. The number of aromatic nitrogens is 2. The molecule has 0 unspecified atom stereocenters. The first kappa shape index (κ1) is 16.8. The number of hydrogen-bond acceptors (Lipinski definition) is 5. The number of nitrogens with one attached hydrogen (secondary N) is 1. The van der Waals surface area contributed by atoms with Gasteiger partial charge in [0.1, 0.15) is 10.7 Å². The van der Waals surface area contributed by atoms with Crippen molar-refractivity contribution in [3.63, 3.8) is 0 Å². The van der Waals surface area contributed by atoms with Crippen LogP contribution in [0.5, 0.6) is 0 Å². The molecule has 0 aliphatic rings. The summed E-state index contributed by atoms with van der Waals surface area (Å²) >= 11 is 13.2. The zero-order valence-electron chi connectivity index (χ0n) is 12.2. The Balaban J connectivity index is 1.57. The minimum absolute atomic E-state index is 0.178. The summed E-state index contributed by atoms with van der Waals surface area (Å²) in [7, 11) is 0. The SMILES string of the molecule is O=C(CSc1ccc(-c2ccco2)nn1)Nc1cccc(Cl)c1Cl. The van der Waals surface area contributed by atoms with Gasteiger partial charge < -0.3 is 9.73 Å². The molecule has 0 aliphatic carbocycles. The molecule has 1 amide bonds. The van der Waals surface area contributed by atoms with Gasteiger partial charge in [-0.05, 0) is 36.4 Å². The summed E-state index contributed by atoms with van der Waals surface area (Å²) in [6.07, 6.45) is 1.57. The van der Waals surface area contributed by atoms with Gasteiger partial charge in [0.05, 0.1) is 27.7 Å². The number of thioether (sulfide) groups is 1. The van der Waals surface area contributed by atoms with E-state index in [2.05, 4.69) is 15.5 Å². The summed E-state index contributed by atoms with van der Waals surface area (Å²) in [6.45, 7) is 0. The number of furan rings is 1. The second-order valence-electron chi connectivity index (χ2n) is 4.67. The molecule has 3 aromatic rings. The Labute approximate surface area is 152 Å². The summed E-state index contributed by atoms with van der Waals surface area (Å²) in [5, 5.41) is 12.2. The fourth-order valence-electron chi connectivity index (χ4n) is 1.88.